The first-order valence-corrected chi connectivity index (χ1v) is 19.9. The van der Waals surface area contributed by atoms with Gasteiger partial charge in [-0.25, -0.2) is 9.97 Å². The molecule has 11 rings (SSSR count). The van der Waals surface area contributed by atoms with Crippen LogP contribution in [0.3, 0.4) is 0 Å². The Morgan fingerprint density at radius 3 is 1.43 bits per heavy atom. The molecule has 2 nitrogen and oxygen atoms in total. The molecular weight excluding hydrogens is 697 g/mol. The molecule has 56 heavy (non-hydrogen) atoms. The van der Waals surface area contributed by atoms with Gasteiger partial charge in [-0.15, -0.1) is 0 Å². The molecule has 0 saturated heterocycles. The van der Waals surface area contributed by atoms with Crippen molar-refractivity contribution < 1.29 is 0 Å². The molecule has 0 bridgehead atoms. The lowest BCUT2D eigenvalue weighted by molar-refractivity contribution is 0.723. The van der Waals surface area contributed by atoms with Gasteiger partial charge in [0.25, 0.3) is 0 Å². The van der Waals surface area contributed by atoms with Crippen molar-refractivity contribution in [3.63, 3.8) is 0 Å². The number of nitrogens with zero attached hydrogens (tertiary/aromatic N) is 2. The van der Waals surface area contributed by atoms with Crippen molar-refractivity contribution in [3.05, 3.63) is 229 Å². The van der Waals surface area contributed by atoms with Crippen molar-refractivity contribution in [3.8, 4) is 67.3 Å². The molecule has 0 saturated carbocycles. The zero-order valence-electron chi connectivity index (χ0n) is 30.4. The number of hydrogen-bond donors (Lipinski definition) is 0. The molecular formula is C53H34N2S. The van der Waals surface area contributed by atoms with Gasteiger partial charge in [-0.1, -0.05) is 182 Å². The topological polar surface area (TPSA) is 25.8 Å². The number of hydrogen-bond acceptors (Lipinski definition) is 3. The first-order chi connectivity index (χ1) is 27.7. The van der Waals surface area contributed by atoms with Crippen LogP contribution in [0.2, 0.25) is 0 Å². The van der Waals surface area contributed by atoms with Gasteiger partial charge in [0, 0.05) is 26.5 Å². The summed E-state index contributed by atoms with van der Waals surface area (Å²) in [6.07, 6.45) is 0. The molecule has 9 aromatic rings. The predicted octanol–water partition coefficient (Wildman–Crippen LogP) is 13.6. The molecule has 0 N–H and O–H groups in total. The highest BCUT2D eigenvalue weighted by molar-refractivity contribution is 7.99. The van der Waals surface area contributed by atoms with E-state index in [9.17, 15) is 0 Å². The van der Waals surface area contributed by atoms with Gasteiger partial charge in [0.1, 0.15) is 0 Å². The summed E-state index contributed by atoms with van der Waals surface area (Å²) in [6, 6.07) is 74.5. The molecule has 1 aliphatic carbocycles. The van der Waals surface area contributed by atoms with Crippen LogP contribution in [-0.4, -0.2) is 9.97 Å². The third-order valence-electron chi connectivity index (χ3n) is 11.4. The molecule has 0 amide bonds. The van der Waals surface area contributed by atoms with Crippen molar-refractivity contribution in [1.29, 1.82) is 0 Å². The van der Waals surface area contributed by atoms with Gasteiger partial charge in [0.05, 0.1) is 16.8 Å². The summed E-state index contributed by atoms with van der Waals surface area (Å²) >= 11 is 1.88. The average Bonchev–Trinajstić information content (AvgIpc) is 3.57. The van der Waals surface area contributed by atoms with Gasteiger partial charge in [-0.05, 0) is 92.0 Å². The van der Waals surface area contributed by atoms with Gasteiger partial charge in [0.2, 0.25) is 0 Å². The molecule has 8 aromatic carbocycles. The Morgan fingerprint density at radius 2 is 0.768 bits per heavy atom. The van der Waals surface area contributed by atoms with Gasteiger partial charge in [0.15, 0.2) is 5.82 Å². The van der Waals surface area contributed by atoms with E-state index in [2.05, 4.69) is 182 Å². The predicted molar refractivity (Wildman–Crippen MR) is 231 cm³/mol. The summed E-state index contributed by atoms with van der Waals surface area (Å²) in [5, 5.41) is 0. The van der Waals surface area contributed by atoms with E-state index < -0.39 is 5.41 Å². The van der Waals surface area contributed by atoms with Crippen LogP contribution in [0.15, 0.2) is 216 Å². The third-order valence-corrected chi connectivity index (χ3v) is 12.5. The number of aromatic nitrogens is 2. The van der Waals surface area contributed by atoms with Gasteiger partial charge >= 0.3 is 0 Å². The van der Waals surface area contributed by atoms with Crippen molar-refractivity contribution >= 4 is 11.8 Å². The van der Waals surface area contributed by atoms with Crippen LogP contribution in [0.4, 0.5) is 0 Å². The summed E-state index contributed by atoms with van der Waals surface area (Å²) in [5.74, 6) is 0.716. The first kappa shape index (κ1) is 32.6. The van der Waals surface area contributed by atoms with Crippen LogP contribution in [0.1, 0.15) is 22.3 Å². The SMILES string of the molecule is c1ccc(-c2cc(-c3cccc(-c4cccc(-c5ccc6c(c5)C5(c7ccccc7S6)c6ccccc6-c6ccccc65)c4)c3)nc(-c3ccccc3)n2)cc1. The van der Waals surface area contributed by atoms with Crippen LogP contribution < -0.4 is 0 Å². The molecule has 1 aromatic heterocycles. The highest BCUT2D eigenvalue weighted by Crippen LogP contribution is 2.62. The fourth-order valence-corrected chi connectivity index (χ4v) is 10.0. The van der Waals surface area contributed by atoms with E-state index in [0.29, 0.717) is 5.82 Å². The Kier molecular flexibility index (Phi) is 7.68. The molecule has 2 heterocycles. The summed E-state index contributed by atoms with van der Waals surface area (Å²) in [6.45, 7) is 0. The van der Waals surface area contributed by atoms with Crippen LogP contribution in [0, 0.1) is 0 Å². The Hall–Kier alpha value is -6.81. The van der Waals surface area contributed by atoms with E-state index in [4.69, 9.17) is 9.97 Å². The number of rotatable bonds is 5. The van der Waals surface area contributed by atoms with E-state index in [1.807, 2.05) is 36.0 Å². The molecule has 0 fully saturated rings. The minimum absolute atomic E-state index is 0.402. The molecule has 1 aliphatic heterocycles. The Balaban J connectivity index is 1.03. The number of benzene rings is 8. The van der Waals surface area contributed by atoms with Crippen molar-refractivity contribution in [2.45, 2.75) is 15.2 Å². The quantitative estimate of drug-likeness (QED) is 0.176. The summed E-state index contributed by atoms with van der Waals surface area (Å²) in [4.78, 5) is 12.7. The molecule has 0 atom stereocenters. The fraction of sp³-hybridized carbons (Fsp3) is 0.0189. The third kappa shape index (κ3) is 5.20. The molecule has 0 unspecified atom stereocenters. The highest BCUT2D eigenvalue weighted by atomic mass is 32.2. The second-order valence-electron chi connectivity index (χ2n) is 14.5. The maximum absolute atomic E-state index is 5.11. The monoisotopic (exact) mass is 730 g/mol. The zero-order chi connectivity index (χ0) is 37.1. The smallest absolute Gasteiger partial charge is 0.160 e. The van der Waals surface area contributed by atoms with Crippen molar-refractivity contribution in [1.82, 2.24) is 9.97 Å². The molecule has 0 radical (unpaired) electrons. The second-order valence-corrected chi connectivity index (χ2v) is 15.6. The molecule has 3 heteroatoms. The van der Waals surface area contributed by atoms with E-state index in [1.165, 1.54) is 54.3 Å². The summed E-state index contributed by atoms with van der Waals surface area (Å²) < 4.78 is 0. The summed E-state index contributed by atoms with van der Waals surface area (Å²) in [5.41, 5.74) is 17.2. The molecule has 1 spiro atoms. The minimum Gasteiger partial charge on any atom is -0.228 e. The maximum atomic E-state index is 5.11. The first-order valence-electron chi connectivity index (χ1n) is 19.1. The van der Waals surface area contributed by atoms with Crippen LogP contribution in [0.25, 0.3) is 67.3 Å². The summed E-state index contributed by atoms with van der Waals surface area (Å²) in [7, 11) is 0. The number of fused-ring (bicyclic) bond motifs is 9. The van der Waals surface area contributed by atoms with Gasteiger partial charge in [-0.3, -0.25) is 0 Å². The van der Waals surface area contributed by atoms with Gasteiger partial charge in [-0.2, -0.15) is 0 Å². The standard InChI is InChI=1S/C53H34N2S/c1-3-15-35(16-4-1)48-34-49(55-52(54-48)36-17-5-2-6-18-36)41-22-14-21-39(32-41)37-19-13-20-38(31-37)40-29-30-51-47(33-40)53(46-27-11-12-28-50(46)56-51)44-25-9-7-23-42(44)43-24-8-10-26-45(43)53/h1-34H. The van der Waals surface area contributed by atoms with Crippen LogP contribution >= 0.6 is 11.8 Å². The van der Waals surface area contributed by atoms with Crippen LogP contribution in [0.5, 0.6) is 0 Å². The molecule has 262 valence electrons. The Labute approximate surface area is 331 Å². The minimum atomic E-state index is -0.402. The lowest BCUT2D eigenvalue weighted by Crippen LogP contribution is -2.32. The van der Waals surface area contributed by atoms with E-state index >= 15 is 0 Å². The second kappa shape index (κ2) is 13.2. The largest absolute Gasteiger partial charge is 0.228 e. The van der Waals surface area contributed by atoms with Crippen molar-refractivity contribution in [2.24, 2.45) is 0 Å². The fourth-order valence-electron chi connectivity index (χ4n) is 8.84. The normalized spacial score (nSPS) is 13.1. The van der Waals surface area contributed by atoms with Crippen LogP contribution in [-0.2, 0) is 5.41 Å². The van der Waals surface area contributed by atoms with Gasteiger partial charge < -0.3 is 0 Å². The lowest BCUT2D eigenvalue weighted by atomic mass is 9.67. The Morgan fingerprint density at radius 1 is 0.304 bits per heavy atom. The Bertz CT molecular complexity index is 2850. The lowest BCUT2D eigenvalue weighted by Gasteiger charge is -2.40. The molecule has 2 aliphatic rings. The van der Waals surface area contributed by atoms with E-state index in [1.54, 1.807) is 0 Å². The average molecular weight is 731 g/mol. The zero-order valence-corrected chi connectivity index (χ0v) is 31.2. The van der Waals surface area contributed by atoms with E-state index in [0.717, 1.165) is 39.2 Å². The highest BCUT2D eigenvalue weighted by Gasteiger charge is 2.50. The van der Waals surface area contributed by atoms with E-state index in [-0.39, 0.29) is 0 Å². The van der Waals surface area contributed by atoms with Crippen molar-refractivity contribution in [2.75, 3.05) is 0 Å². The maximum Gasteiger partial charge on any atom is 0.160 e.